The number of hydrogen-bond acceptors (Lipinski definition) is 6. The molecule has 1 N–H and O–H groups in total. The number of carbonyl (C=O) groups is 1. The number of thioether (sulfide) groups is 1. The van der Waals surface area contributed by atoms with Crippen molar-refractivity contribution in [1.82, 2.24) is 20.1 Å². The van der Waals surface area contributed by atoms with Gasteiger partial charge in [-0.05, 0) is 72.4 Å². The topological polar surface area (TPSA) is 84.6 Å². The van der Waals surface area contributed by atoms with Crippen LogP contribution in [-0.4, -0.2) is 49.6 Å². The number of aromatic nitrogens is 3. The van der Waals surface area contributed by atoms with E-state index in [1.54, 1.807) is 4.90 Å². The molecule has 1 fully saturated rings. The largest absolute Gasteiger partial charge is 0.573 e. The van der Waals surface area contributed by atoms with E-state index in [4.69, 9.17) is 12.2 Å². The van der Waals surface area contributed by atoms with E-state index in [0.29, 0.717) is 34.1 Å². The fourth-order valence-electron chi connectivity index (χ4n) is 4.76. The summed E-state index contributed by atoms with van der Waals surface area (Å²) in [5.74, 6) is 0.570. The third-order valence-electron chi connectivity index (χ3n) is 7.01. The molecule has 0 radical (unpaired) electrons. The highest BCUT2D eigenvalue weighted by Crippen LogP contribution is 2.33. The second kappa shape index (κ2) is 13.2. The molecule has 1 saturated heterocycles. The number of para-hydroxylation sites is 1. The summed E-state index contributed by atoms with van der Waals surface area (Å²) in [7, 11) is 0. The maximum absolute atomic E-state index is 12.8. The van der Waals surface area contributed by atoms with E-state index in [0.717, 1.165) is 34.4 Å². The first-order valence-electron chi connectivity index (χ1n) is 13.8. The van der Waals surface area contributed by atoms with Crippen LogP contribution in [-0.2, 0) is 11.2 Å². The van der Waals surface area contributed by atoms with Crippen molar-refractivity contribution in [2.75, 3.05) is 17.2 Å². The Balaban J connectivity index is 1.20. The zero-order chi connectivity index (χ0) is 31.4. The number of alkyl halides is 3. The third-order valence-corrected chi connectivity index (χ3v) is 8.17. The van der Waals surface area contributed by atoms with Crippen molar-refractivity contribution in [1.29, 1.82) is 0 Å². The van der Waals surface area contributed by atoms with E-state index < -0.39 is 6.36 Å². The SMILES string of the molecule is CCc1cccc(C)c1N1C(=O)CS/C1=N\C(=S)NCC(C)c1ccc(-c2ncn(-c3ccc(OC(F)(F)F)cc3)n2)cc1. The van der Waals surface area contributed by atoms with Gasteiger partial charge in [0, 0.05) is 12.1 Å². The van der Waals surface area contributed by atoms with Gasteiger partial charge in [0.1, 0.15) is 12.1 Å². The molecular weight excluding hydrogens is 610 g/mol. The fraction of sp³-hybridized carbons (Fsp3) is 0.258. The van der Waals surface area contributed by atoms with Crippen LogP contribution in [0.3, 0.4) is 0 Å². The molecule has 44 heavy (non-hydrogen) atoms. The number of nitrogens with zero attached hydrogens (tertiary/aromatic N) is 5. The molecule has 0 saturated carbocycles. The van der Waals surface area contributed by atoms with Crippen molar-refractivity contribution >= 4 is 45.9 Å². The van der Waals surface area contributed by atoms with E-state index in [-0.39, 0.29) is 17.6 Å². The molecule has 13 heteroatoms. The van der Waals surface area contributed by atoms with Gasteiger partial charge in [-0.15, -0.1) is 18.3 Å². The van der Waals surface area contributed by atoms with Crippen LogP contribution in [0.2, 0.25) is 0 Å². The molecule has 3 aromatic carbocycles. The van der Waals surface area contributed by atoms with Gasteiger partial charge in [0.15, 0.2) is 16.1 Å². The molecule has 8 nitrogen and oxygen atoms in total. The molecule has 1 aliphatic heterocycles. The standard InChI is InChI=1S/C31H29F3N6O2S2/c1-4-21-7-5-6-19(2)27(21)40-26(41)17-44-30(40)37-29(43)35-16-20(3)22-8-10-23(11-9-22)28-36-18-39(38-28)24-12-14-25(15-13-24)42-31(32,33)34/h5-15,18,20H,4,16-17H2,1-3H3,(H,35,43)/b37-30-. The van der Waals surface area contributed by atoms with Crippen LogP contribution in [0.15, 0.2) is 78.0 Å². The summed E-state index contributed by atoms with van der Waals surface area (Å²) in [6.07, 6.45) is -2.45. The van der Waals surface area contributed by atoms with Gasteiger partial charge in [0.05, 0.1) is 17.1 Å². The van der Waals surface area contributed by atoms with Crippen LogP contribution in [0.25, 0.3) is 17.1 Å². The van der Waals surface area contributed by atoms with Crippen molar-refractivity contribution in [2.45, 2.75) is 39.5 Å². The van der Waals surface area contributed by atoms with Crippen molar-refractivity contribution in [3.05, 3.63) is 89.7 Å². The zero-order valence-electron chi connectivity index (χ0n) is 24.1. The van der Waals surface area contributed by atoms with Gasteiger partial charge >= 0.3 is 6.36 Å². The van der Waals surface area contributed by atoms with Crippen LogP contribution >= 0.6 is 24.0 Å². The first kappa shape index (κ1) is 31.2. The Labute approximate surface area is 262 Å². The predicted octanol–water partition coefficient (Wildman–Crippen LogP) is 6.82. The summed E-state index contributed by atoms with van der Waals surface area (Å²) in [5.41, 5.74) is 5.38. The molecule has 0 spiro atoms. The number of anilines is 1. The van der Waals surface area contributed by atoms with Crippen molar-refractivity contribution < 1.29 is 22.7 Å². The number of hydrogen-bond donors (Lipinski definition) is 1. The highest BCUT2D eigenvalue weighted by Gasteiger charge is 2.32. The average molecular weight is 639 g/mol. The maximum Gasteiger partial charge on any atom is 0.573 e. The van der Waals surface area contributed by atoms with Gasteiger partial charge in [-0.2, -0.15) is 4.99 Å². The number of aliphatic imine (C=N–C) groups is 1. The summed E-state index contributed by atoms with van der Waals surface area (Å²) >= 11 is 6.91. The lowest BCUT2D eigenvalue weighted by atomic mass is 10.00. The first-order valence-corrected chi connectivity index (χ1v) is 15.2. The van der Waals surface area contributed by atoms with Crippen LogP contribution in [0.5, 0.6) is 5.75 Å². The van der Waals surface area contributed by atoms with Crippen LogP contribution in [0.4, 0.5) is 18.9 Å². The molecule has 1 unspecified atom stereocenters. The molecule has 228 valence electrons. The minimum atomic E-state index is -4.75. The lowest BCUT2D eigenvalue weighted by molar-refractivity contribution is -0.274. The Morgan fingerprint density at radius 2 is 1.86 bits per heavy atom. The number of thiocarbonyl (C=S) groups is 1. The minimum absolute atomic E-state index is 0.0123. The van der Waals surface area contributed by atoms with Crippen LogP contribution in [0, 0.1) is 6.92 Å². The van der Waals surface area contributed by atoms with Crippen molar-refractivity contribution in [3.8, 4) is 22.8 Å². The molecule has 0 aliphatic carbocycles. The first-order chi connectivity index (χ1) is 21.0. The van der Waals surface area contributed by atoms with E-state index >= 15 is 0 Å². The van der Waals surface area contributed by atoms with Gasteiger partial charge in [-0.3, -0.25) is 9.69 Å². The molecule has 0 bridgehead atoms. The number of carbonyl (C=O) groups excluding carboxylic acids is 1. The number of amides is 1. The molecule has 1 aliphatic rings. The zero-order valence-corrected chi connectivity index (χ0v) is 25.8. The maximum atomic E-state index is 12.8. The molecule has 2 heterocycles. The monoisotopic (exact) mass is 638 g/mol. The summed E-state index contributed by atoms with van der Waals surface area (Å²) in [5, 5.41) is 8.56. The van der Waals surface area contributed by atoms with Gasteiger partial charge in [-0.1, -0.05) is 68.1 Å². The summed E-state index contributed by atoms with van der Waals surface area (Å²) in [6.45, 7) is 6.66. The Bertz CT molecular complexity index is 1690. The Kier molecular flexibility index (Phi) is 9.35. The lowest BCUT2D eigenvalue weighted by Crippen LogP contribution is -2.33. The highest BCUT2D eigenvalue weighted by molar-refractivity contribution is 8.15. The Morgan fingerprint density at radius 1 is 1.14 bits per heavy atom. The summed E-state index contributed by atoms with van der Waals surface area (Å²) in [6, 6.07) is 19.2. The average Bonchev–Trinajstić information content (AvgIpc) is 3.62. The van der Waals surface area contributed by atoms with E-state index in [9.17, 15) is 18.0 Å². The normalized spacial score (nSPS) is 15.1. The summed E-state index contributed by atoms with van der Waals surface area (Å²) in [4.78, 5) is 23.4. The second-order valence-corrected chi connectivity index (χ2v) is 11.4. The van der Waals surface area contributed by atoms with Gasteiger partial charge in [0.2, 0.25) is 5.91 Å². The molecule has 1 amide bonds. The number of ether oxygens (including phenoxy) is 1. The minimum Gasteiger partial charge on any atom is -0.406 e. The number of aryl methyl sites for hydroxylation is 2. The van der Waals surface area contributed by atoms with Gasteiger partial charge in [-0.25, -0.2) is 9.67 Å². The van der Waals surface area contributed by atoms with Crippen molar-refractivity contribution in [3.63, 3.8) is 0 Å². The third kappa shape index (κ3) is 7.28. The second-order valence-electron chi connectivity index (χ2n) is 10.1. The fourth-order valence-corrected chi connectivity index (χ4v) is 5.84. The quantitative estimate of drug-likeness (QED) is 0.212. The van der Waals surface area contributed by atoms with Crippen LogP contribution in [0.1, 0.15) is 36.5 Å². The number of amidine groups is 1. The molecular formula is C31H29F3N6O2S2. The molecule has 5 rings (SSSR count). The number of nitrogens with one attached hydrogen (secondary N) is 1. The van der Waals surface area contributed by atoms with Gasteiger partial charge in [0.25, 0.3) is 0 Å². The number of halogens is 3. The van der Waals surface area contributed by atoms with E-state index in [2.05, 4.69) is 39.0 Å². The molecule has 1 aromatic heterocycles. The number of rotatable bonds is 8. The Hall–Kier alpha value is -4.23. The molecule has 4 aromatic rings. The van der Waals surface area contributed by atoms with E-state index in [1.807, 2.05) is 49.4 Å². The Morgan fingerprint density at radius 3 is 2.55 bits per heavy atom. The van der Waals surface area contributed by atoms with Gasteiger partial charge < -0.3 is 10.1 Å². The molecule has 1 atom stereocenters. The van der Waals surface area contributed by atoms with E-state index in [1.165, 1.54) is 47.0 Å². The number of benzene rings is 3. The smallest absolute Gasteiger partial charge is 0.406 e. The van der Waals surface area contributed by atoms with Crippen LogP contribution < -0.4 is 15.0 Å². The highest BCUT2D eigenvalue weighted by atomic mass is 32.2. The predicted molar refractivity (Wildman–Crippen MR) is 170 cm³/mol. The lowest BCUT2D eigenvalue weighted by Gasteiger charge is -2.22. The van der Waals surface area contributed by atoms with Crippen molar-refractivity contribution in [2.24, 2.45) is 4.99 Å². The summed E-state index contributed by atoms with van der Waals surface area (Å²) < 4.78 is 42.7.